The smallest absolute Gasteiger partial charge is 0.276 e. The SMILES string of the molecule is Cc1cc2c(=O)n(CCOc3ccc(N)cc3)ccn2n1. The predicted octanol–water partition coefficient (Wildman–Crippen LogP) is 1.47. The number of nitrogen functional groups attached to an aromatic ring is 1. The van der Waals surface area contributed by atoms with E-state index >= 15 is 0 Å². The first kappa shape index (κ1) is 13.2. The van der Waals surface area contributed by atoms with E-state index in [9.17, 15) is 4.79 Å². The van der Waals surface area contributed by atoms with Gasteiger partial charge in [0.25, 0.3) is 5.56 Å². The molecule has 0 unspecified atom stereocenters. The van der Waals surface area contributed by atoms with Crippen molar-refractivity contribution in [3.8, 4) is 5.75 Å². The van der Waals surface area contributed by atoms with Gasteiger partial charge in [0, 0.05) is 18.1 Å². The van der Waals surface area contributed by atoms with Gasteiger partial charge in [0.2, 0.25) is 0 Å². The van der Waals surface area contributed by atoms with Crippen LogP contribution in [0.15, 0.2) is 47.5 Å². The van der Waals surface area contributed by atoms with Crippen LogP contribution in [0, 0.1) is 6.92 Å². The van der Waals surface area contributed by atoms with E-state index in [0.717, 1.165) is 11.4 Å². The summed E-state index contributed by atoms with van der Waals surface area (Å²) >= 11 is 0. The van der Waals surface area contributed by atoms with Gasteiger partial charge < -0.3 is 15.0 Å². The largest absolute Gasteiger partial charge is 0.492 e. The molecule has 3 rings (SSSR count). The molecule has 0 amide bonds. The molecule has 0 atom stereocenters. The summed E-state index contributed by atoms with van der Waals surface area (Å²) in [6.07, 6.45) is 3.49. The average molecular weight is 284 g/mol. The minimum absolute atomic E-state index is 0.0704. The van der Waals surface area contributed by atoms with Gasteiger partial charge in [-0.05, 0) is 37.3 Å². The fourth-order valence-corrected chi connectivity index (χ4v) is 2.15. The third-order valence-corrected chi connectivity index (χ3v) is 3.21. The Labute approximate surface area is 121 Å². The number of ether oxygens (including phenoxy) is 1. The predicted molar refractivity (Wildman–Crippen MR) is 80.5 cm³/mol. The van der Waals surface area contributed by atoms with Crippen LogP contribution in [-0.4, -0.2) is 20.8 Å². The molecule has 2 heterocycles. The highest BCUT2D eigenvalue weighted by Gasteiger charge is 2.05. The normalized spacial score (nSPS) is 10.9. The lowest BCUT2D eigenvalue weighted by molar-refractivity contribution is 0.296. The van der Waals surface area contributed by atoms with Crippen molar-refractivity contribution in [3.05, 3.63) is 58.8 Å². The molecule has 0 saturated heterocycles. The molecule has 0 bridgehead atoms. The Balaban J connectivity index is 1.72. The van der Waals surface area contributed by atoms with E-state index in [1.165, 1.54) is 0 Å². The Hall–Kier alpha value is -2.76. The molecule has 0 aliphatic carbocycles. The summed E-state index contributed by atoms with van der Waals surface area (Å²) in [6, 6.07) is 8.95. The van der Waals surface area contributed by atoms with E-state index in [4.69, 9.17) is 10.5 Å². The van der Waals surface area contributed by atoms with Crippen molar-refractivity contribution in [2.75, 3.05) is 12.3 Å². The first-order chi connectivity index (χ1) is 10.1. The molecule has 0 radical (unpaired) electrons. The first-order valence-electron chi connectivity index (χ1n) is 6.67. The second kappa shape index (κ2) is 5.32. The summed E-state index contributed by atoms with van der Waals surface area (Å²) in [7, 11) is 0. The minimum Gasteiger partial charge on any atom is -0.492 e. The van der Waals surface area contributed by atoms with Gasteiger partial charge in [0.05, 0.1) is 12.2 Å². The van der Waals surface area contributed by atoms with Gasteiger partial charge in [-0.15, -0.1) is 0 Å². The molecule has 0 aliphatic heterocycles. The fraction of sp³-hybridized carbons (Fsp3) is 0.200. The van der Waals surface area contributed by atoms with Gasteiger partial charge in [-0.1, -0.05) is 0 Å². The van der Waals surface area contributed by atoms with Gasteiger partial charge in [-0.25, -0.2) is 4.52 Å². The number of nitrogens with zero attached hydrogens (tertiary/aromatic N) is 3. The highest BCUT2D eigenvalue weighted by Crippen LogP contribution is 2.12. The maximum atomic E-state index is 12.3. The van der Waals surface area contributed by atoms with Crippen LogP contribution in [0.3, 0.4) is 0 Å². The molecular weight excluding hydrogens is 268 g/mol. The zero-order valence-corrected chi connectivity index (χ0v) is 11.7. The summed E-state index contributed by atoms with van der Waals surface area (Å²) in [5.74, 6) is 0.735. The molecule has 1 aromatic carbocycles. The Bertz CT molecular complexity index is 818. The number of hydrogen-bond acceptors (Lipinski definition) is 4. The lowest BCUT2D eigenvalue weighted by atomic mass is 10.3. The van der Waals surface area contributed by atoms with E-state index in [0.29, 0.717) is 24.4 Å². The van der Waals surface area contributed by atoms with Gasteiger partial charge in [-0.2, -0.15) is 5.10 Å². The zero-order chi connectivity index (χ0) is 14.8. The van der Waals surface area contributed by atoms with Crippen LogP contribution >= 0.6 is 0 Å². The number of fused-ring (bicyclic) bond motifs is 1. The Morgan fingerprint density at radius 1 is 1.24 bits per heavy atom. The third kappa shape index (κ3) is 2.74. The van der Waals surface area contributed by atoms with Gasteiger partial charge in [0.1, 0.15) is 17.9 Å². The summed E-state index contributed by atoms with van der Waals surface area (Å²) in [6.45, 7) is 2.75. The third-order valence-electron chi connectivity index (χ3n) is 3.21. The van der Waals surface area contributed by atoms with Crippen molar-refractivity contribution in [2.24, 2.45) is 0 Å². The fourth-order valence-electron chi connectivity index (χ4n) is 2.15. The van der Waals surface area contributed by atoms with E-state index < -0.39 is 0 Å². The molecule has 6 nitrogen and oxygen atoms in total. The van der Waals surface area contributed by atoms with Crippen LogP contribution < -0.4 is 16.0 Å². The lowest BCUT2D eigenvalue weighted by Crippen LogP contribution is -2.24. The molecule has 2 aromatic heterocycles. The Kier molecular flexibility index (Phi) is 3.35. The van der Waals surface area contributed by atoms with Crippen molar-refractivity contribution in [1.29, 1.82) is 0 Å². The Morgan fingerprint density at radius 2 is 2.00 bits per heavy atom. The van der Waals surface area contributed by atoms with Crippen molar-refractivity contribution in [1.82, 2.24) is 14.2 Å². The van der Waals surface area contributed by atoms with E-state index in [1.54, 1.807) is 39.7 Å². The summed E-state index contributed by atoms with van der Waals surface area (Å²) in [4.78, 5) is 12.3. The molecule has 0 saturated carbocycles. The van der Waals surface area contributed by atoms with Crippen LogP contribution in [0.25, 0.3) is 5.52 Å². The highest BCUT2D eigenvalue weighted by molar-refractivity contribution is 5.45. The van der Waals surface area contributed by atoms with Crippen molar-refractivity contribution in [2.45, 2.75) is 13.5 Å². The standard InChI is InChI=1S/C15H16N4O2/c1-11-10-14-15(20)18(6-7-19(14)17-11)8-9-21-13-4-2-12(16)3-5-13/h2-7,10H,8-9,16H2,1H3. The molecule has 6 heteroatoms. The number of aryl methyl sites for hydroxylation is 1. The van der Waals surface area contributed by atoms with Gasteiger partial charge in [0.15, 0.2) is 0 Å². The molecule has 108 valence electrons. The van der Waals surface area contributed by atoms with Gasteiger partial charge in [-0.3, -0.25) is 4.79 Å². The average Bonchev–Trinajstić information content (AvgIpc) is 2.85. The van der Waals surface area contributed by atoms with Crippen LogP contribution in [-0.2, 0) is 6.54 Å². The summed E-state index contributed by atoms with van der Waals surface area (Å²) in [5, 5.41) is 4.21. The van der Waals surface area contributed by atoms with Crippen LogP contribution in [0.2, 0.25) is 0 Å². The van der Waals surface area contributed by atoms with Crippen molar-refractivity contribution in [3.63, 3.8) is 0 Å². The maximum Gasteiger partial charge on any atom is 0.276 e. The molecule has 2 N–H and O–H groups in total. The maximum absolute atomic E-state index is 12.3. The summed E-state index contributed by atoms with van der Waals surface area (Å²) < 4.78 is 8.81. The number of rotatable bonds is 4. The van der Waals surface area contributed by atoms with Crippen LogP contribution in [0.5, 0.6) is 5.75 Å². The number of anilines is 1. The molecule has 0 fully saturated rings. The number of hydrogen-bond donors (Lipinski definition) is 1. The van der Waals surface area contributed by atoms with Gasteiger partial charge >= 0.3 is 0 Å². The molecule has 0 aliphatic rings. The van der Waals surface area contributed by atoms with Crippen LogP contribution in [0.1, 0.15) is 5.69 Å². The van der Waals surface area contributed by atoms with Crippen molar-refractivity contribution < 1.29 is 4.74 Å². The second-order valence-corrected chi connectivity index (χ2v) is 4.83. The number of aromatic nitrogens is 3. The van der Waals surface area contributed by atoms with E-state index in [2.05, 4.69) is 5.10 Å². The molecular formula is C15H16N4O2. The molecule has 0 spiro atoms. The number of nitrogens with two attached hydrogens (primary N) is 1. The minimum atomic E-state index is -0.0704. The van der Waals surface area contributed by atoms with E-state index in [1.807, 2.05) is 19.1 Å². The van der Waals surface area contributed by atoms with E-state index in [-0.39, 0.29) is 5.56 Å². The Morgan fingerprint density at radius 3 is 2.76 bits per heavy atom. The monoisotopic (exact) mass is 284 g/mol. The number of benzene rings is 1. The quantitative estimate of drug-likeness (QED) is 0.736. The summed E-state index contributed by atoms with van der Waals surface area (Å²) in [5.41, 5.74) is 7.63. The van der Waals surface area contributed by atoms with Crippen molar-refractivity contribution >= 4 is 11.2 Å². The topological polar surface area (TPSA) is 74.5 Å². The zero-order valence-electron chi connectivity index (χ0n) is 11.7. The second-order valence-electron chi connectivity index (χ2n) is 4.83. The highest BCUT2D eigenvalue weighted by atomic mass is 16.5. The molecule has 3 aromatic rings. The lowest BCUT2D eigenvalue weighted by Gasteiger charge is -2.08. The first-order valence-corrected chi connectivity index (χ1v) is 6.67. The van der Waals surface area contributed by atoms with Crippen LogP contribution in [0.4, 0.5) is 5.69 Å². The molecule has 21 heavy (non-hydrogen) atoms.